The van der Waals surface area contributed by atoms with Gasteiger partial charge in [0.15, 0.2) is 0 Å². The summed E-state index contributed by atoms with van der Waals surface area (Å²) in [6, 6.07) is 36.6. The van der Waals surface area contributed by atoms with Gasteiger partial charge in [0.2, 0.25) is 11.8 Å². The third kappa shape index (κ3) is 10.6. The van der Waals surface area contributed by atoms with Gasteiger partial charge in [0, 0.05) is 71.8 Å². The number of anilines is 4. The molecule has 402 valence electrons. The van der Waals surface area contributed by atoms with Gasteiger partial charge in [0.25, 0.3) is 17.4 Å². The van der Waals surface area contributed by atoms with E-state index in [-0.39, 0.29) is 29.4 Å². The molecule has 4 aliphatic rings. The second-order valence-electron chi connectivity index (χ2n) is 21.6. The van der Waals surface area contributed by atoms with Crippen LogP contribution in [0.25, 0.3) is 27.1 Å². The van der Waals surface area contributed by atoms with Crippen LogP contribution in [-0.2, 0) is 27.0 Å². The van der Waals surface area contributed by atoms with Crippen LogP contribution in [0.15, 0.2) is 112 Å². The summed E-state index contributed by atoms with van der Waals surface area (Å²) in [6.45, 7) is 21.9. The molecule has 0 spiro atoms. The zero-order valence-electron chi connectivity index (χ0n) is 45.7. The number of aromatic nitrogens is 2. The summed E-state index contributed by atoms with van der Waals surface area (Å²) in [5, 5.41) is 20.0. The number of imide groups is 2. The van der Waals surface area contributed by atoms with Gasteiger partial charge in [-0.15, -0.1) is 0 Å². The Balaban J connectivity index is 0.000000201. The first-order valence-corrected chi connectivity index (χ1v) is 27.3. The molecule has 7 aromatic rings. The number of nitrogens with two attached hydrogens (primary N) is 1. The third-order valence-electron chi connectivity index (χ3n) is 16.2. The molecule has 11 rings (SSSR count). The molecule has 0 bridgehead atoms. The minimum Gasteiger partial charge on any atom is -0.361 e. The maximum atomic E-state index is 13.3. The van der Waals surface area contributed by atoms with Crippen LogP contribution in [0.4, 0.5) is 22.7 Å². The molecule has 3 fully saturated rings. The largest absolute Gasteiger partial charge is 0.361 e. The monoisotopic (exact) mass is 1060 g/mol. The van der Waals surface area contributed by atoms with E-state index in [4.69, 9.17) is 21.4 Å². The lowest BCUT2D eigenvalue weighted by molar-refractivity contribution is -0.136. The van der Waals surface area contributed by atoms with Crippen molar-refractivity contribution in [3.63, 3.8) is 0 Å². The summed E-state index contributed by atoms with van der Waals surface area (Å²) in [7, 11) is 0. The van der Waals surface area contributed by atoms with Crippen molar-refractivity contribution in [3.8, 4) is 28.3 Å². The molecule has 15 heteroatoms. The van der Waals surface area contributed by atoms with E-state index >= 15 is 0 Å². The van der Waals surface area contributed by atoms with Gasteiger partial charge < -0.3 is 29.4 Å². The highest BCUT2D eigenvalue weighted by molar-refractivity contribution is 6.23. The van der Waals surface area contributed by atoms with Crippen LogP contribution in [-0.4, -0.2) is 64.5 Å². The summed E-state index contributed by atoms with van der Waals surface area (Å²) >= 11 is 0. The lowest BCUT2D eigenvalue weighted by atomic mass is 9.97. The van der Waals surface area contributed by atoms with Crippen LogP contribution in [0.5, 0.6) is 0 Å². The van der Waals surface area contributed by atoms with E-state index in [2.05, 4.69) is 135 Å². The molecule has 4 amide bonds. The predicted molar refractivity (Wildman–Crippen MR) is 303 cm³/mol. The van der Waals surface area contributed by atoms with E-state index in [1.54, 1.807) is 12.1 Å². The lowest BCUT2D eigenvalue weighted by Gasteiger charge is -2.28. The fraction of sp³-hybridized carbons (Fsp3) is 0.344. The number of benzene rings is 5. The molecule has 1 saturated heterocycles. The first kappa shape index (κ1) is 53.7. The number of piperidine rings is 1. The number of amides is 4. The van der Waals surface area contributed by atoms with Crippen molar-refractivity contribution in [2.45, 2.75) is 123 Å². The second kappa shape index (κ2) is 22.0. The van der Waals surface area contributed by atoms with Gasteiger partial charge in [-0.05, 0) is 187 Å². The average molecular weight is 1060 g/mol. The standard InChI is InChI=1S/C39H37N5O5.C25H28N4O/c1-23-8-10-27(35-24(2)42-49-25(35)3)22-33(23)43(29-13-11-28(12-14-29)39(40-4)18-19-39)20-6-5-7-26-9-15-30-31(21-26)38(48)44(37(30)47)32-16-17-34(45)41-36(32)46;1-17-5-6-20(24-18(2)28-30-19(24)3)15-23(17)29(14-4-13-26)22-9-7-21(8-10-22)25(16-27)11-12-25/h8-15,21-22,32H,5-7,16-20H2,1-3H3,(H,41,45,46);5-10,15H,4,11-14,26H2,1-3H3. The first-order chi connectivity index (χ1) is 38.1. The molecular formula is C64H65N9O6. The summed E-state index contributed by atoms with van der Waals surface area (Å²) in [6.07, 6.45) is 7.18. The topological polar surface area (TPSA) is 196 Å². The quantitative estimate of drug-likeness (QED) is 0.0498. The Labute approximate surface area is 461 Å². The van der Waals surface area contributed by atoms with Crippen LogP contribution in [0.1, 0.15) is 129 Å². The SMILES string of the molecule is Cc1ccc(-c2c(C)noc2C)cc1N(CCCN)c1ccc(C2(C#N)CC2)cc1.[C-]#[N+]C1(c2ccc(N(CCCCc3ccc4c(c3)C(=O)N(C3CCC(=O)NC3=O)C4=O)c3cc(-c4c(C)noc4C)ccc3C)cc2)CC1. The number of unbranched alkanes of at least 4 members (excludes halogenated alkanes) is 1. The molecule has 79 heavy (non-hydrogen) atoms. The Hall–Kier alpha value is -8.66. The normalized spacial score (nSPS) is 16.6. The van der Waals surface area contributed by atoms with Gasteiger partial charge in [-0.2, -0.15) is 5.26 Å². The van der Waals surface area contributed by atoms with Gasteiger partial charge in [-0.1, -0.05) is 52.8 Å². The van der Waals surface area contributed by atoms with Crippen LogP contribution >= 0.6 is 0 Å². The number of fused-ring (bicyclic) bond motifs is 1. The highest BCUT2D eigenvalue weighted by Gasteiger charge is 2.52. The number of nitrogens with zero attached hydrogens (tertiary/aromatic N) is 7. The molecule has 2 saturated carbocycles. The minimum absolute atomic E-state index is 0.0849. The fourth-order valence-electron chi connectivity index (χ4n) is 11.3. The molecule has 1 unspecified atom stereocenters. The molecule has 2 aliphatic carbocycles. The van der Waals surface area contributed by atoms with Crippen LogP contribution < -0.4 is 20.9 Å². The zero-order valence-corrected chi connectivity index (χ0v) is 45.7. The van der Waals surface area contributed by atoms with E-state index in [1.165, 1.54) is 5.56 Å². The number of rotatable bonds is 17. The molecule has 2 aromatic heterocycles. The highest BCUT2D eigenvalue weighted by atomic mass is 16.5. The Bertz CT molecular complexity index is 3550. The maximum Gasteiger partial charge on any atom is 0.262 e. The molecule has 2 aliphatic heterocycles. The van der Waals surface area contributed by atoms with E-state index in [9.17, 15) is 24.4 Å². The van der Waals surface area contributed by atoms with Gasteiger partial charge >= 0.3 is 0 Å². The van der Waals surface area contributed by atoms with Gasteiger partial charge in [0.05, 0.1) is 34.0 Å². The third-order valence-corrected chi connectivity index (χ3v) is 16.2. The van der Waals surface area contributed by atoms with Crippen molar-refractivity contribution < 1.29 is 28.2 Å². The molecule has 15 nitrogen and oxygen atoms in total. The molecule has 5 aromatic carbocycles. The van der Waals surface area contributed by atoms with Crippen molar-refractivity contribution in [3.05, 3.63) is 176 Å². The predicted octanol–water partition coefficient (Wildman–Crippen LogP) is 12.0. The van der Waals surface area contributed by atoms with E-state index < -0.39 is 29.7 Å². The Kier molecular flexibility index (Phi) is 15.0. The van der Waals surface area contributed by atoms with Crippen LogP contribution in [0.2, 0.25) is 0 Å². The van der Waals surface area contributed by atoms with E-state index in [0.717, 1.165) is 153 Å². The Morgan fingerprint density at radius 3 is 1.72 bits per heavy atom. The highest BCUT2D eigenvalue weighted by Crippen LogP contribution is 2.50. The first-order valence-electron chi connectivity index (χ1n) is 27.3. The van der Waals surface area contributed by atoms with Crippen molar-refractivity contribution in [2.75, 3.05) is 29.4 Å². The fourth-order valence-corrected chi connectivity index (χ4v) is 11.3. The van der Waals surface area contributed by atoms with Gasteiger partial charge in [-0.25, -0.2) is 6.57 Å². The minimum atomic E-state index is -0.982. The summed E-state index contributed by atoms with van der Waals surface area (Å²) < 4.78 is 10.9. The summed E-state index contributed by atoms with van der Waals surface area (Å²) in [5.74, 6) is -0.410. The lowest BCUT2D eigenvalue weighted by Crippen LogP contribution is -2.54. The number of hydrogen-bond acceptors (Lipinski definition) is 12. The van der Waals surface area contributed by atoms with Crippen molar-refractivity contribution in [1.29, 1.82) is 5.26 Å². The smallest absolute Gasteiger partial charge is 0.262 e. The maximum absolute atomic E-state index is 13.3. The molecule has 1 atom stereocenters. The number of carbonyl (C=O) groups is 4. The van der Waals surface area contributed by atoms with Crippen LogP contribution in [0, 0.1) is 59.4 Å². The average Bonchev–Trinajstić information content (AvgIpc) is 4.50. The van der Waals surface area contributed by atoms with Crippen molar-refractivity contribution in [2.24, 2.45) is 5.73 Å². The van der Waals surface area contributed by atoms with Gasteiger partial charge in [-0.3, -0.25) is 29.4 Å². The second-order valence-corrected chi connectivity index (χ2v) is 21.6. The summed E-state index contributed by atoms with van der Waals surface area (Å²) in [5.41, 5.74) is 21.5. The van der Waals surface area contributed by atoms with Crippen molar-refractivity contribution >= 4 is 46.4 Å². The Morgan fingerprint density at radius 2 is 1.24 bits per heavy atom. The molecule has 4 heterocycles. The number of carbonyl (C=O) groups excluding carboxylic acids is 4. The Morgan fingerprint density at radius 1 is 0.696 bits per heavy atom. The number of nitriles is 1. The molecule has 3 N–H and O–H groups in total. The molecular weight excluding hydrogens is 991 g/mol. The van der Waals surface area contributed by atoms with E-state index in [1.807, 2.05) is 33.8 Å². The van der Waals surface area contributed by atoms with Gasteiger partial charge in [0.1, 0.15) is 17.6 Å². The van der Waals surface area contributed by atoms with E-state index in [0.29, 0.717) is 18.5 Å². The zero-order chi connectivity index (χ0) is 55.8. The van der Waals surface area contributed by atoms with Crippen LogP contribution in [0.3, 0.4) is 0 Å². The number of hydrogen-bond donors (Lipinski definition) is 2. The van der Waals surface area contributed by atoms with Crippen molar-refractivity contribution in [1.82, 2.24) is 20.5 Å². The molecule has 0 radical (unpaired) electrons. The summed E-state index contributed by atoms with van der Waals surface area (Å²) in [4.78, 5) is 60.1. The number of nitrogens with one attached hydrogen (secondary N) is 1. The number of aryl methyl sites for hydroxylation is 7.